The number of carbonyl (C=O) groups is 1. The van der Waals surface area contributed by atoms with Crippen molar-refractivity contribution in [3.05, 3.63) is 0 Å². The molecule has 4 fully saturated rings. The Kier molecular flexibility index (Phi) is 4.70. The van der Waals surface area contributed by atoms with Crippen LogP contribution in [0.15, 0.2) is 0 Å². The van der Waals surface area contributed by atoms with E-state index in [1.165, 1.54) is 7.11 Å². The number of aliphatic hydroxyl groups is 1. The summed E-state index contributed by atoms with van der Waals surface area (Å²) in [7, 11) is 1.51. The van der Waals surface area contributed by atoms with Crippen LogP contribution >= 0.6 is 15.9 Å². The van der Waals surface area contributed by atoms with Gasteiger partial charge in [0.2, 0.25) is 0 Å². The largest absolute Gasteiger partial charge is 0.390 e. The van der Waals surface area contributed by atoms with Crippen LogP contribution in [0.4, 0.5) is 0 Å². The molecule has 4 heteroatoms. The lowest BCUT2D eigenvalue weighted by atomic mass is 9.43. The van der Waals surface area contributed by atoms with Gasteiger partial charge in [-0.3, -0.25) is 4.79 Å². The first-order valence-corrected chi connectivity index (χ1v) is 12.0. The Bertz CT molecular complexity index is 669. The maximum absolute atomic E-state index is 12.6. The first-order chi connectivity index (χ1) is 13.5. The summed E-state index contributed by atoms with van der Waals surface area (Å²) in [4.78, 5) is 12.6. The normalized spacial score (nSPS) is 53.6. The average Bonchev–Trinajstić information content (AvgIpc) is 3.03. The SMILES string of the molecule is [2H]C([2H])(OC)[C@]12CC[C@@](C)(O)C[C@H]1CC[C@H]1[C@@H]3CC[C@H](C(=O)CBr)[C@@]3(C)CC[C@@H]12. The molecule has 8 atom stereocenters. The topological polar surface area (TPSA) is 46.5 Å². The van der Waals surface area contributed by atoms with Gasteiger partial charge in [-0.25, -0.2) is 0 Å². The van der Waals surface area contributed by atoms with Crippen LogP contribution in [0.25, 0.3) is 0 Å². The van der Waals surface area contributed by atoms with Gasteiger partial charge in [0.25, 0.3) is 0 Å². The smallest absolute Gasteiger partial charge is 0.147 e. The van der Waals surface area contributed by atoms with E-state index in [1.54, 1.807) is 0 Å². The fourth-order valence-corrected chi connectivity index (χ4v) is 8.48. The Morgan fingerprint density at radius 1 is 1.15 bits per heavy atom. The molecule has 0 aliphatic heterocycles. The van der Waals surface area contributed by atoms with Crippen LogP contribution in [-0.4, -0.2) is 35.5 Å². The van der Waals surface area contributed by atoms with Crippen LogP contribution in [0.1, 0.15) is 74.4 Å². The van der Waals surface area contributed by atoms with Crippen LogP contribution in [-0.2, 0) is 9.53 Å². The molecule has 4 saturated carbocycles. The van der Waals surface area contributed by atoms with E-state index in [2.05, 4.69) is 22.9 Å². The van der Waals surface area contributed by atoms with Crippen molar-refractivity contribution in [3.8, 4) is 0 Å². The standard InChI is InChI=1S/C23H37BrO3/c1-21(26)10-11-23(14-27-3)15(12-21)4-5-16-17-6-7-19(20(25)13-24)22(17,2)9-8-18(16)23/h15-19,26H,4-14H2,1-3H3/t15-,16+,17+,18+,19-,21-,22+,23-/m1/s1/i14D2. The molecule has 4 aliphatic rings. The van der Waals surface area contributed by atoms with E-state index in [-0.39, 0.29) is 23.2 Å². The summed E-state index contributed by atoms with van der Waals surface area (Å²) in [6, 6.07) is 0. The van der Waals surface area contributed by atoms with E-state index in [1.807, 2.05) is 6.92 Å². The van der Waals surface area contributed by atoms with Crippen LogP contribution in [0.3, 0.4) is 0 Å². The second-order valence-corrected chi connectivity index (χ2v) is 11.0. The monoisotopic (exact) mass is 442 g/mol. The summed E-state index contributed by atoms with van der Waals surface area (Å²) in [6.07, 6.45) is 8.13. The maximum Gasteiger partial charge on any atom is 0.147 e. The molecule has 0 spiro atoms. The third kappa shape index (κ3) is 3.08. The summed E-state index contributed by atoms with van der Waals surface area (Å²) in [6.45, 7) is 2.56. The minimum absolute atomic E-state index is 0.0555. The number of carbonyl (C=O) groups excluding carboxylic acids is 1. The van der Waals surface area contributed by atoms with Gasteiger partial charge in [-0.05, 0) is 99.2 Å². The van der Waals surface area contributed by atoms with Gasteiger partial charge in [-0.1, -0.05) is 22.9 Å². The number of hydrogen-bond donors (Lipinski definition) is 1. The lowest BCUT2D eigenvalue weighted by molar-refractivity contribution is -0.175. The predicted molar refractivity (Wildman–Crippen MR) is 111 cm³/mol. The molecular formula is C23H37BrO3. The van der Waals surface area contributed by atoms with E-state index < -0.39 is 17.6 Å². The molecule has 4 rings (SSSR count). The lowest BCUT2D eigenvalue weighted by Crippen LogP contribution is -2.58. The molecular weight excluding hydrogens is 404 g/mol. The third-order valence-corrected chi connectivity index (χ3v) is 9.80. The third-order valence-electron chi connectivity index (χ3n) is 9.25. The first-order valence-electron chi connectivity index (χ1n) is 11.9. The van der Waals surface area contributed by atoms with Gasteiger partial charge in [0.1, 0.15) is 5.78 Å². The van der Waals surface area contributed by atoms with E-state index in [0.29, 0.717) is 42.2 Å². The van der Waals surface area contributed by atoms with Gasteiger partial charge in [0, 0.05) is 13.0 Å². The van der Waals surface area contributed by atoms with Crippen LogP contribution < -0.4 is 0 Å². The summed E-state index contributed by atoms with van der Waals surface area (Å²) < 4.78 is 23.4. The molecule has 4 aliphatic carbocycles. The van der Waals surface area contributed by atoms with Crippen LogP contribution in [0.2, 0.25) is 0 Å². The van der Waals surface area contributed by atoms with Crippen LogP contribution in [0.5, 0.6) is 0 Å². The summed E-state index contributed by atoms with van der Waals surface area (Å²) in [5.74, 6) is 1.90. The van der Waals surface area contributed by atoms with Gasteiger partial charge >= 0.3 is 0 Å². The second-order valence-electron chi connectivity index (χ2n) is 10.5. The molecule has 0 aromatic heterocycles. The van der Waals surface area contributed by atoms with Crippen molar-refractivity contribution in [3.63, 3.8) is 0 Å². The summed E-state index contributed by atoms with van der Waals surface area (Å²) in [5.41, 5.74) is -1.17. The fraction of sp³-hybridized carbons (Fsp3) is 0.957. The molecule has 0 bridgehead atoms. The van der Waals surface area contributed by atoms with E-state index in [0.717, 1.165) is 38.5 Å². The van der Waals surface area contributed by atoms with Crippen molar-refractivity contribution in [2.75, 3.05) is 19.0 Å². The van der Waals surface area contributed by atoms with E-state index >= 15 is 0 Å². The molecule has 27 heavy (non-hydrogen) atoms. The number of ketones is 1. The van der Waals surface area contributed by atoms with Gasteiger partial charge < -0.3 is 9.84 Å². The Morgan fingerprint density at radius 2 is 1.93 bits per heavy atom. The van der Waals surface area contributed by atoms with Crippen molar-refractivity contribution < 1.29 is 17.4 Å². The van der Waals surface area contributed by atoms with Crippen LogP contribution in [0, 0.1) is 40.4 Å². The minimum Gasteiger partial charge on any atom is -0.390 e. The Morgan fingerprint density at radius 3 is 2.63 bits per heavy atom. The number of alkyl halides is 1. The Hall–Kier alpha value is 0.0700. The fourth-order valence-electron chi connectivity index (χ4n) is 8.09. The van der Waals surface area contributed by atoms with Crippen molar-refractivity contribution >= 4 is 21.7 Å². The zero-order valence-corrected chi connectivity index (χ0v) is 18.7. The zero-order chi connectivity index (χ0) is 21.2. The highest BCUT2D eigenvalue weighted by Crippen LogP contribution is 2.68. The van der Waals surface area contributed by atoms with Gasteiger partial charge in [0.15, 0.2) is 0 Å². The second kappa shape index (κ2) is 7.09. The number of fused-ring (bicyclic) bond motifs is 5. The minimum atomic E-state index is -1.69. The van der Waals surface area contributed by atoms with Gasteiger partial charge in [-0.15, -0.1) is 0 Å². The van der Waals surface area contributed by atoms with E-state index in [4.69, 9.17) is 7.48 Å². The average molecular weight is 443 g/mol. The summed E-state index contributed by atoms with van der Waals surface area (Å²) in [5, 5.41) is 11.2. The first kappa shape index (κ1) is 17.9. The zero-order valence-electron chi connectivity index (χ0n) is 19.1. The molecule has 154 valence electrons. The van der Waals surface area contributed by atoms with E-state index in [9.17, 15) is 9.90 Å². The molecule has 0 aromatic rings. The van der Waals surface area contributed by atoms with Crippen molar-refractivity contribution in [2.24, 2.45) is 40.4 Å². The molecule has 0 amide bonds. The van der Waals surface area contributed by atoms with Crippen molar-refractivity contribution in [1.82, 2.24) is 0 Å². The molecule has 0 saturated heterocycles. The Labute approximate surface area is 175 Å². The number of hydrogen-bond acceptors (Lipinski definition) is 3. The summed E-state index contributed by atoms with van der Waals surface area (Å²) >= 11 is 3.40. The predicted octanol–water partition coefficient (Wildman–Crippen LogP) is 4.99. The number of Topliss-reactive ketones (excluding diaryl/α,β-unsaturated/α-hetero) is 1. The molecule has 3 nitrogen and oxygen atoms in total. The lowest BCUT2D eigenvalue weighted by Gasteiger charge is -2.62. The number of halogens is 1. The quantitative estimate of drug-likeness (QED) is 0.623. The molecule has 0 aromatic carbocycles. The Balaban J connectivity index is 1.71. The molecule has 0 unspecified atom stereocenters. The number of methoxy groups -OCH3 is 1. The number of rotatable bonds is 4. The highest BCUT2D eigenvalue weighted by molar-refractivity contribution is 9.09. The van der Waals surface area contributed by atoms with Gasteiger partial charge in [0.05, 0.1) is 20.2 Å². The number of ether oxygens (including phenoxy) is 1. The highest BCUT2D eigenvalue weighted by atomic mass is 79.9. The van der Waals surface area contributed by atoms with Crippen molar-refractivity contribution in [2.45, 2.75) is 77.2 Å². The maximum atomic E-state index is 12.6. The molecule has 1 N–H and O–H groups in total. The van der Waals surface area contributed by atoms with Gasteiger partial charge in [-0.2, -0.15) is 0 Å². The molecule has 0 radical (unpaired) electrons. The highest BCUT2D eigenvalue weighted by Gasteiger charge is 2.62. The molecule has 0 heterocycles. The van der Waals surface area contributed by atoms with Crippen molar-refractivity contribution in [1.29, 1.82) is 0 Å².